The van der Waals surface area contributed by atoms with Gasteiger partial charge in [0, 0.05) is 35.2 Å². The number of hydrogen-bond acceptors (Lipinski definition) is 5. The SMILES string of the molecule is NC1=NC2(CS1)c1cc(-c3cncc(Cl)c3)ccc1OC1CCCCC12. The fourth-order valence-electron chi connectivity index (χ4n) is 4.64. The molecule has 1 spiro atoms. The van der Waals surface area contributed by atoms with Crippen LogP contribution in [0, 0.1) is 5.92 Å². The Kier molecular flexibility index (Phi) is 3.90. The van der Waals surface area contributed by atoms with E-state index in [0.717, 1.165) is 41.0 Å². The van der Waals surface area contributed by atoms with Gasteiger partial charge in [-0.1, -0.05) is 35.9 Å². The number of ether oxygens (including phenoxy) is 1. The molecule has 1 aromatic carbocycles. The monoisotopic (exact) mass is 385 g/mol. The molecule has 3 atom stereocenters. The number of amidine groups is 1. The molecule has 2 aromatic rings. The molecular formula is C20H20ClN3OS. The summed E-state index contributed by atoms with van der Waals surface area (Å²) in [5.74, 6) is 2.24. The van der Waals surface area contributed by atoms with E-state index in [2.05, 4.69) is 23.2 Å². The van der Waals surface area contributed by atoms with E-state index < -0.39 is 0 Å². The molecular weight excluding hydrogens is 366 g/mol. The maximum Gasteiger partial charge on any atom is 0.154 e. The topological polar surface area (TPSA) is 60.5 Å². The second kappa shape index (κ2) is 6.17. The average Bonchev–Trinajstić information content (AvgIpc) is 3.04. The number of halogens is 1. The minimum atomic E-state index is -0.268. The lowest BCUT2D eigenvalue weighted by molar-refractivity contribution is 0.0268. The maximum atomic E-state index is 6.41. The zero-order valence-corrected chi connectivity index (χ0v) is 15.9. The zero-order chi connectivity index (χ0) is 17.7. The van der Waals surface area contributed by atoms with Crippen molar-refractivity contribution >= 4 is 28.5 Å². The predicted molar refractivity (Wildman–Crippen MR) is 107 cm³/mol. The fourth-order valence-corrected chi connectivity index (χ4v) is 5.84. The van der Waals surface area contributed by atoms with E-state index in [4.69, 9.17) is 27.1 Å². The molecule has 5 rings (SSSR count). The van der Waals surface area contributed by atoms with Crippen LogP contribution >= 0.6 is 23.4 Å². The van der Waals surface area contributed by atoms with Crippen molar-refractivity contribution in [3.8, 4) is 16.9 Å². The van der Waals surface area contributed by atoms with Crippen LogP contribution < -0.4 is 10.5 Å². The molecule has 6 heteroatoms. The maximum absolute atomic E-state index is 6.41. The molecule has 0 saturated heterocycles. The molecule has 3 heterocycles. The van der Waals surface area contributed by atoms with E-state index in [0.29, 0.717) is 16.1 Å². The first-order valence-corrected chi connectivity index (χ1v) is 10.4. The van der Waals surface area contributed by atoms with E-state index in [9.17, 15) is 0 Å². The Balaban J connectivity index is 1.67. The first-order chi connectivity index (χ1) is 12.7. The third kappa shape index (κ3) is 2.52. The van der Waals surface area contributed by atoms with Crippen molar-refractivity contribution in [1.29, 1.82) is 0 Å². The van der Waals surface area contributed by atoms with Gasteiger partial charge in [-0.15, -0.1) is 0 Å². The Morgan fingerprint density at radius 2 is 2.04 bits per heavy atom. The van der Waals surface area contributed by atoms with Crippen molar-refractivity contribution in [3.05, 3.63) is 47.2 Å². The van der Waals surface area contributed by atoms with Gasteiger partial charge in [0.2, 0.25) is 0 Å². The van der Waals surface area contributed by atoms with Crippen molar-refractivity contribution in [2.75, 3.05) is 5.75 Å². The number of benzene rings is 1. The van der Waals surface area contributed by atoms with Crippen molar-refractivity contribution in [3.63, 3.8) is 0 Å². The van der Waals surface area contributed by atoms with Crippen molar-refractivity contribution in [1.82, 2.24) is 4.98 Å². The second-order valence-electron chi connectivity index (χ2n) is 7.31. The average molecular weight is 386 g/mol. The summed E-state index contributed by atoms with van der Waals surface area (Å²) in [5.41, 5.74) is 9.11. The third-order valence-corrected chi connectivity index (χ3v) is 7.01. The fraction of sp³-hybridized carbons (Fsp3) is 0.400. The Labute approximate surface area is 162 Å². The highest BCUT2D eigenvalue weighted by molar-refractivity contribution is 8.14. The molecule has 0 radical (unpaired) electrons. The number of nitrogens with zero attached hydrogens (tertiary/aromatic N) is 2. The van der Waals surface area contributed by atoms with Gasteiger partial charge in [0.05, 0.1) is 5.02 Å². The summed E-state index contributed by atoms with van der Waals surface area (Å²) in [5, 5.41) is 1.33. The zero-order valence-electron chi connectivity index (χ0n) is 14.3. The summed E-state index contributed by atoms with van der Waals surface area (Å²) in [6.07, 6.45) is 8.44. The van der Waals surface area contributed by atoms with E-state index in [1.54, 1.807) is 18.0 Å². The van der Waals surface area contributed by atoms with Crippen LogP contribution in [0.25, 0.3) is 11.1 Å². The molecule has 3 unspecified atom stereocenters. The van der Waals surface area contributed by atoms with Crippen LogP contribution in [0.2, 0.25) is 5.02 Å². The van der Waals surface area contributed by atoms with Gasteiger partial charge in [-0.25, -0.2) is 4.99 Å². The lowest BCUT2D eigenvalue weighted by Gasteiger charge is -2.47. The summed E-state index contributed by atoms with van der Waals surface area (Å²) < 4.78 is 6.41. The smallest absolute Gasteiger partial charge is 0.154 e. The first kappa shape index (κ1) is 16.5. The van der Waals surface area contributed by atoms with Crippen LogP contribution in [0.1, 0.15) is 31.2 Å². The Bertz CT molecular complexity index is 902. The predicted octanol–water partition coefficient (Wildman–Crippen LogP) is 4.61. The number of rotatable bonds is 1. The van der Waals surface area contributed by atoms with Crippen molar-refractivity contribution in [2.45, 2.75) is 37.3 Å². The van der Waals surface area contributed by atoms with Gasteiger partial charge < -0.3 is 10.5 Å². The Hall–Kier alpha value is -1.72. The Morgan fingerprint density at radius 3 is 2.85 bits per heavy atom. The molecule has 1 aromatic heterocycles. The number of aromatic nitrogens is 1. The van der Waals surface area contributed by atoms with Gasteiger partial charge in [0.1, 0.15) is 17.4 Å². The Morgan fingerprint density at radius 1 is 1.15 bits per heavy atom. The molecule has 1 fully saturated rings. The second-order valence-corrected chi connectivity index (χ2v) is 8.75. The van der Waals surface area contributed by atoms with Crippen molar-refractivity contribution < 1.29 is 4.74 Å². The number of fused-ring (bicyclic) bond motifs is 4. The summed E-state index contributed by atoms with van der Waals surface area (Å²) in [6.45, 7) is 0. The van der Waals surface area contributed by atoms with Crippen LogP contribution in [-0.2, 0) is 5.54 Å². The van der Waals surface area contributed by atoms with Crippen LogP contribution in [0.5, 0.6) is 5.75 Å². The van der Waals surface area contributed by atoms with E-state index in [-0.39, 0.29) is 11.6 Å². The summed E-state index contributed by atoms with van der Waals surface area (Å²) in [6, 6.07) is 8.30. The van der Waals surface area contributed by atoms with Crippen LogP contribution in [-0.4, -0.2) is 22.0 Å². The molecule has 26 heavy (non-hydrogen) atoms. The minimum Gasteiger partial charge on any atom is -0.490 e. The van der Waals surface area contributed by atoms with Gasteiger partial charge >= 0.3 is 0 Å². The van der Waals surface area contributed by atoms with Gasteiger partial charge in [-0.2, -0.15) is 0 Å². The van der Waals surface area contributed by atoms with Gasteiger partial charge in [0.15, 0.2) is 5.17 Å². The van der Waals surface area contributed by atoms with E-state index in [1.807, 2.05) is 12.3 Å². The van der Waals surface area contributed by atoms with Gasteiger partial charge in [-0.05, 0) is 43.0 Å². The standard InChI is InChI=1S/C20H20ClN3OS/c21-14-7-13(9-23-10-14)12-5-6-18-16(8-12)20(11-26-19(22)24-20)15-3-1-2-4-17(15)25-18/h5-10,15,17H,1-4,11H2,(H2,22,24). The van der Waals surface area contributed by atoms with Gasteiger partial charge in [0.25, 0.3) is 0 Å². The van der Waals surface area contributed by atoms with Gasteiger partial charge in [-0.3, -0.25) is 4.98 Å². The lowest BCUT2D eigenvalue weighted by Crippen LogP contribution is -2.49. The number of hydrogen-bond donors (Lipinski definition) is 1. The molecule has 0 amide bonds. The number of thioether (sulfide) groups is 1. The van der Waals surface area contributed by atoms with Crippen LogP contribution in [0.3, 0.4) is 0 Å². The number of aliphatic imine (C=N–C) groups is 1. The molecule has 1 aliphatic carbocycles. The number of nitrogens with two attached hydrogens (primary N) is 1. The van der Waals surface area contributed by atoms with E-state index in [1.165, 1.54) is 12.8 Å². The van der Waals surface area contributed by atoms with Crippen LogP contribution in [0.4, 0.5) is 0 Å². The first-order valence-electron chi connectivity index (χ1n) is 9.06. The third-order valence-electron chi connectivity index (χ3n) is 5.83. The highest BCUT2D eigenvalue weighted by atomic mass is 35.5. The highest BCUT2D eigenvalue weighted by Gasteiger charge is 2.53. The highest BCUT2D eigenvalue weighted by Crippen LogP contribution is 2.54. The van der Waals surface area contributed by atoms with Crippen LogP contribution in [0.15, 0.2) is 41.7 Å². The molecule has 2 aliphatic heterocycles. The van der Waals surface area contributed by atoms with E-state index >= 15 is 0 Å². The minimum absolute atomic E-state index is 0.241. The number of pyridine rings is 1. The quantitative estimate of drug-likeness (QED) is 0.778. The normalized spacial score (nSPS) is 29.7. The largest absolute Gasteiger partial charge is 0.490 e. The molecule has 4 nitrogen and oxygen atoms in total. The molecule has 2 N–H and O–H groups in total. The molecule has 1 saturated carbocycles. The summed E-state index contributed by atoms with van der Waals surface area (Å²) in [4.78, 5) is 9.22. The lowest BCUT2D eigenvalue weighted by atomic mass is 9.68. The van der Waals surface area contributed by atoms with Crippen molar-refractivity contribution in [2.24, 2.45) is 16.6 Å². The summed E-state index contributed by atoms with van der Waals surface area (Å²) in [7, 11) is 0. The molecule has 134 valence electrons. The summed E-state index contributed by atoms with van der Waals surface area (Å²) >= 11 is 7.80. The molecule has 0 bridgehead atoms. The molecule has 3 aliphatic rings.